The Morgan fingerprint density at radius 1 is 1.33 bits per heavy atom. The summed E-state index contributed by atoms with van der Waals surface area (Å²) in [5.74, 6) is -0.811. The number of hydrogen-bond donors (Lipinski definition) is 2. The summed E-state index contributed by atoms with van der Waals surface area (Å²) in [6.45, 7) is 3.50. The van der Waals surface area contributed by atoms with Crippen molar-refractivity contribution >= 4 is 17.6 Å². The van der Waals surface area contributed by atoms with Crippen molar-refractivity contribution in [3.63, 3.8) is 0 Å². The summed E-state index contributed by atoms with van der Waals surface area (Å²) in [7, 11) is 0. The van der Waals surface area contributed by atoms with Crippen molar-refractivity contribution < 1.29 is 14.7 Å². The molecular formula is C16H22N2O3. The number of piperidine rings is 1. The van der Waals surface area contributed by atoms with E-state index in [0.717, 1.165) is 31.5 Å². The Bertz CT molecular complexity index is 493. The van der Waals surface area contributed by atoms with Crippen molar-refractivity contribution in [2.24, 2.45) is 5.92 Å². The summed E-state index contributed by atoms with van der Waals surface area (Å²) in [6, 6.07) is 7.38. The van der Waals surface area contributed by atoms with E-state index in [9.17, 15) is 9.59 Å². The van der Waals surface area contributed by atoms with Crippen LogP contribution in [0, 0.1) is 12.8 Å². The van der Waals surface area contributed by atoms with Crippen LogP contribution in [0.4, 0.5) is 5.69 Å². The van der Waals surface area contributed by atoms with E-state index >= 15 is 0 Å². The molecule has 1 heterocycles. The van der Waals surface area contributed by atoms with E-state index in [2.05, 4.69) is 5.32 Å². The molecule has 5 heteroatoms. The van der Waals surface area contributed by atoms with Crippen LogP contribution in [0.1, 0.15) is 24.8 Å². The van der Waals surface area contributed by atoms with E-state index < -0.39 is 5.97 Å². The molecule has 21 heavy (non-hydrogen) atoms. The van der Waals surface area contributed by atoms with Gasteiger partial charge in [0.2, 0.25) is 5.91 Å². The van der Waals surface area contributed by atoms with Gasteiger partial charge in [-0.05, 0) is 50.9 Å². The number of benzene rings is 1. The lowest BCUT2D eigenvalue weighted by molar-refractivity contribution is -0.136. The summed E-state index contributed by atoms with van der Waals surface area (Å²) in [5, 5.41) is 12.3. The third-order valence-corrected chi connectivity index (χ3v) is 3.80. The maximum atomic E-state index is 12.5. The van der Waals surface area contributed by atoms with Gasteiger partial charge in [0.05, 0.1) is 0 Å². The maximum Gasteiger partial charge on any atom is 0.323 e. The molecule has 1 aliphatic heterocycles. The number of carboxylic acids is 1. The zero-order chi connectivity index (χ0) is 15.2. The van der Waals surface area contributed by atoms with Crippen LogP contribution in [0.25, 0.3) is 0 Å². The molecule has 0 spiro atoms. The number of carboxylic acid groups (broad SMARTS) is 1. The van der Waals surface area contributed by atoms with Crippen molar-refractivity contribution in [1.29, 1.82) is 0 Å². The van der Waals surface area contributed by atoms with E-state index in [0.29, 0.717) is 18.0 Å². The van der Waals surface area contributed by atoms with Gasteiger partial charge in [-0.25, -0.2) is 0 Å². The lowest BCUT2D eigenvalue weighted by atomic mass is 9.95. The van der Waals surface area contributed by atoms with Crippen LogP contribution in [-0.4, -0.2) is 36.6 Å². The fraction of sp³-hybridized carbons (Fsp3) is 0.500. The molecule has 0 aromatic heterocycles. The Labute approximate surface area is 125 Å². The lowest BCUT2D eigenvalue weighted by Crippen LogP contribution is -2.39. The summed E-state index contributed by atoms with van der Waals surface area (Å²) in [4.78, 5) is 24.9. The third kappa shape index (κ3) is 4.56. The van der Waals surface area contributed by atoms with Gasteiger partial charge in [0.1, 0.15) is 6.54 Å². The lowest BCUT2D eigenvalue weighted by Gasteiger charge is -2.26. The molecule has 2 N–H and O–H groups in total. The predicted molar refractivity (Wildman–Crippen MR) is 81.4 cm³/mol. The van der Waals surface area contributed by atoms with Crippen molar-refractivity contribution in [2.45, 2.75) is 26.2 Å². The summed E-state index contributed by atoms with van der Waals surface area (Å²) in [5.41, 5.74) is 1.73. The number of nitrogens with zero attached hydrogens (tertiary/aromatic N) is 1. The minimum absolute atomic E-state index is 0.116. The first-order valence-corrected chi connectivity index (χ1v) is 7.36. The second-order valence-electron chi connectivity index (χ2n) is 5.63. The molecule has 2 rings (SSSR count). The van der Waals surface area contributed by atoms with Crippen LogP contribution in [0.2, 0.25) is 0 Å². The monoisotopic (exact) mass is 290 g/mol. The predicted octanol–water partition coefficient (Wildman–Crippen LogP) is 1.80. The average molecular weight is 290 g/mol. The molecule has 1 fully saturated rings. The Balaban J connectivity index is 2.08. The first kappa shape index (κ1) is 15.5. The zero-order valence-corrected chi connectivity index (χ0v) is 12.3. The first-order valence-electron chi connectivity index (χ1n) is 7.36. The van der Waals surface area contributed by atoms with Gasteiger partial charge in [-0.3, -0.25) is 9.59 Å². The number of nitrogens with one attached hydrogen (secondary N) is 1. The number of carbonyl (C=O) groups excluding carboxylic acids is 1. The average Bonchev–Trinajstić information content (AvgIpc) is 2.46. The largest absolute Gasteiger partial charge is 0.480 e. The molecule has 0 saturated carbocycles. The summed E-state index contributed by atoms with van der Waals surface area (Å²) < 4.78 is 0. The second kappa shape index (κ2) is 7.22. The van der Waals surface area contributed by atoms with Gasteiger partial charge in [-0.2, -0.15) is 0 Å². The smallest absolute Gasteiger partial charge is 0.323 e. The molecule has 114 valence electrons. The number of carbonyl (C=O) groups is 2. The van der Waals surface area contributed by atoms with E-state index in [1.807, 2.05) is 19.1 Å². The molecule has 1 aliphatic rings. The number of rotatable bonds is 5. The Hall–Kier alpha value is -1.88. The van der Waals surface area contributed by atoms with E-state index in [1.165, 1.54) is 4.90 Å². The third-order valence-electron chi connectivity index (χ3n) is 3.80. The highest BCUT2D eigenvalue weighted by Gasteiger charge is 2.23. The Morgan fingerprint density at radius 2 is 2.05 bits per heavy atom. The second-order valence-corrected chi connectivity index (χ2v) is 5.63. The van der Waals surface area contributed by atoms with Crippen molar-refractivity contribution in [3.8, 4) is 0 Å². The van der Waals surface area contributed by atoms with Gasteiger partial charge in [-0.1, -0.05) is 17.7 Å². The molecule has 0 aliphatic carbocycles. The highest BCUT2D eigenvalue weighted by molar-refractivity contribution is 5.97. The van der Waals surface area contributed by atoms with Crippen LogP contribution < -0.4 is 10.2 Å². The molecule has 0 radical (unpaired) electrons. The van der Waals surface area contributed by atoms with Crippen molar-refractivity contribution in [2.75, 3.05) is 24.5 Å². The minimum atomic E-state index is -0.995. The summed E-state index contributed by atoms with van der Waals surface area (Å²) in [6.07, 6.45) is 2.49. The normalized spacial score (nSPS) is 18.2. The fourth-order valence-corrected chi connectivity index (χ4v) is 2.64. The minimum Gasteiger partial charge on any atom is -0.480 e. The summed E-state index contributed by atoms with van der Waals surface area (Å²) >= 11 is 0. The van der Waals surface area contributed by atoms with E-state index in [-0.39, 0.29) is 12.5 Å². The maximum absolute atomic E-state index is 12.5. The van der Waals surface area contributed by atoms with Crippen LogP contribution in [0.15, 0.2) is 24.3 Å². The van der Waals surface area contributed by atoms with Gasteiger partial charge in [0.15, 0.2) is 0 Å². The zero-order valence-electron chi connectivity index (χ0n) is 12.3. The van der Waals surface area contributed by atoms with Gasteiger partial charge in [0, 0.05) is 12.1 Å². The molecule has 1 saturated heterocycles. The van der Waals surface area contributed by atoms with Gasteiger partial charge < -0.3 is 15.3 Å². The molecule has 1 aromatic rings. The SMILES string of the molecule is Cc1ccc(N(CC(=O)O)C(=O)CC2CCCNC2)cc1. The van der Waals surface area contributed by atoms with E-state index in [4.69, 9.17) is 5.11 Å². The van der Waals surface area contributed by atoms with Gasteiger partial charge in [-0.15, -0.1) is 0 Å². The Morgan fingerprint density at radius 3 is 2.62 bits per heavy atom. The Kier molecular flexibility index (Phi) is 5.33. The van der Waals surface area contributed by atoms with Crippen LogP contribution in [0.5, 0.6) is 0 Å². The van der Waals surface area contributed by atoms with Gasteiger partial charge in [0.25, 0.3) is 0 Å². The van der Waals surface area contributed by atoms with Crippen molar-refractivity contribution in [3.05, 3.63) is 29.8 Å². The highest BCUT2D eigenvalue weighted by Crippen LogP contribution is 2.20. The molecular weight excluding hydrogens is 268 g/mol. The molecule has 0 bridgehead atoms. The topological polar surface area (TPSA) is 69.6 Å². The number of aliphatic carboxylic acids is 1. The molecule has 1 aromatic carbocycles. The van der Waals surface area contributed by atoms with Crippen LogP contribution in [0.3, 0.4) is 0 Å². The standard InChI is InChI=1S/C16H22N2O3/c1-12-4-6-14(7-5-12)18(11-16(20)21)15(19)9-13-3-2-8-17-10-13/h4-7,13,17H,2-3,8-11H2,1H3,(H,20,21). The van der Waals surface area contributed by atoms with Gasteiger partial charge >= 0.3 is 5.97 Å². The first-order chi connectivity index (χ1) is 10.1. The number of hydrogen-bond acceptors (Lipinski definition) is 3. The highest BCUT2D eigenvalue weighted by atomic mass is 16.4. The number of anilines is 1. The molecule has 1 unspecified atom stereocenters. The van der Waals surface area contributed by atoms with Crippen molar-refractivity contribution in [1.82, 2.24) is 5.32 Å². The quantitative estimate of drug-likeness (QED) is 0.867. The van der Waals surface area contributed by atoms with Crippen LogP contribution >= 0.6 is 0 Å². The fourth-order valence-electron chi connectivity index (χ4n) is 2.64. The number of amides is 1. The molecule has 1 atom stereocenters. The number of aryl methyl sites for hydroxylation is 1. The molecule has 5 nitrogen and oxygen atoms in total. The molecule has 1 amide bonds. The van der Waals surface area contributed by atoms with Crippen LogP contribution in [-0.2, 0) is 9.59 Å². The van der Waals surface area contributed by atoms with E-state index in [1.54, 1.807) is 12.1 Å².